The van der Waals surface area contributed by atoms with Crippen molar-refractivity contribution in [2.45, 2.75) is 25.7 Å². The number of benzene rings is 1. The maximum absolute atomic E-state index is 12.2. The molecule has 1 aromatic carbocycles. The summed E-state index contributed by atoms with van der Waals surface area (Å²) >= 11 is 0. The Morgan fingerprint density at radius 2 is 1.43 bits per heavy atom. The molecular formula is C28H30N6O3. The normalized spacial score (nSPS) is 10.7. The molecule has 0 radical (unpaired) electrons. The molecule has 0 unspecified atom stereocenters. The van der Waals surface area contributed by atoms with Crippen molar-refractivity contribution in [2.24, 2.45) is 0 Å². The van der Waals surface area contributed by atoms with Crippen LogP contribution < -0.4 is 15.8 Å². The van der Waals surface area contributed by atoms with Gasteiger partial charge in [-0.25, -0.2) is 19.9 Å². The monoisotopic (exact) mass is 498 g/mol. The smallest absolute Gasteiger partial charge is 0.225 e. The van der Waals surface area contributed by atoms with Gasteiger partial charge in [0.1, 0.15) is 5.82 Å². The van der Waals surface area contributed by atoms with Crippen LogP contribution in [0.5, 0.6) is 5.88 Å². The second-order valence-corrected chi connectivity index (χ2v) is 8.42. The number of nitrogens with one attached hydrogen (secondary N) is 1. The van der Waals surface area contributed by atoms with Gasteiger partial charge in [-0.15, -0.1) is 0 Å². The summed E-state index contributed by atoms with van der Waals surface area (Å²) in [6.45, 7) is 1.19. The van der Waals surface area contributed by atoms with E-state index >= 15 is 0 Å². The highest BCUT2D eigenvalue weighted by Gasteiger charge is 2.06. The van der Waals surface area contributed by atoms with Crippen molar-refractivity contribution in [3.8, 4) is 28.1 Å². The molecule has 3 N–H and O–H groups in total. The lowest BCUT2D eigenvalue weighted by Gasteiger charge is -2.07. The first-order valence-electron chi connectivity index (χ1n) is 12.1. The second-order valence-electron chi connectivity index (χ2n) is 8.42. The fraction of sp³-hybridized carbons (Fsp3) is 0.250. The molecule has 0 spiro atoms. The van der Waals surface area contributed by atoms with Crippen LogP contribution in [0.1, 0.15) is 24.8 Å². The number of nitrogen functional groups attached to an aromatic ring is 1. The van der Waals surface area contributed by atoms with E-state index in [2.05, 4.69) is 49.5 Å². The number of aromatic nitrogens is 4. The summed E-state index contributed by atoms with van der Waals surface area (Å²) in [6, 6.07) is 15.7. The van der Waals surface area contributed by atoms with Crippen LogP contribution in [0.4, 0.5) is 11.8 Å². The molecule has 37 heavy (non-hydrogen) atoms. The van der Waals surface area contributed by atoms with Gasteiger partial charge in [0.2, 0.25) is 17.7 Å². The van der Waals surface area contributed by atoms with Crippen molar-refractivity contribution in [3.05, 3.63) is 78.9 Å². The van der Waals surface area contributed by atoms with E-state index in [0.29, 0.717) is 37.8 Å². The Hall–Kier alpha value is -4.37. The highest BCUT2D eigenvalue weighted by molar-refractivity contribution is 5.89. The molecule has 190 valence electrons. The third kappa shape index (κ3) is 7.81. The summed E-state index contributed by atoms with van der Waals surface area (Å²) in [5.41, 5.74) is 10.6. The van der Waals surface area contributed by atoms with Crippen LogP contribution in [0.2, 0.25) is 0 Å². The van der Waals surface area contributed by atoms with Crippen LogP contribution in [0, 0.1) is 0 Å². The molecule has 3 heterocycles. The fourth-order valence-corrected chi connectivity index (χ4v) is 3.68. The molecule has 4 rings (SSSR count). The third-order valence-corrected chi connectivity index (χ3v) is 5.72. The molecule has 0 aliphatic rings. The van der Waals surface area contributed by atoms with Crippen molar-refractivity contribution < 1.29 is 14.3 Å². The van der Waals surface area contributed by atoms with Crippen molar-refractivity contribution in [1.29, 1.82) is 0 Å². The Balaban J connectivity index is 1.09. The van der Waals surface area contributed by atoms with E-state index in [-0.39, 0.29) is 11.9 Å². The molecule has 0 aliphatic carbocycles. The largest absolute Gasteiger partial charge is 0.481 e. The van der Waals surface area contributed by atoms with Gasteiger partial charge in [-0.3, -0.25) is 4.79 Å². The summed E-state index contributed by atoms with van der Waals surface area (Å²) in [7, 11) is 1.58. The number of carbonyl (C=O) groups excluding carboxylic acids is 1. The average Bonchev–Trinajstić information content (AvgIpc) is 2.94. The van der Waals surface area contributed by atoms with E-state index in [0.717, 1.165) is 35.1 Å². The first-order valence-corrected chi connectivity index (χ1v) is 12.1. The molecular weight excluding hydrogens is 468 g/mol. The first-order chi connectivity index (χ1) is 18.1. The van der Waals surface area contributed by atoms with Crippen molar-refractivity contribution in [1.82, 2.24) is 19.9 Å². The molecule has 0 bridgehead atoms. The fourth-order valence-electron chi connectivity index (χ4n) is 3.68. The Labute approximate surface area is 216 Å². The van der Waals surface area contributed by atoms with E-state index in [1.807, 2.05) is 12.1 Å². The number of carbonyl (C=O) groups is 1. The van der Waals surface area contributed by atoms with Gasteiger partial charge in [0.05, 0.1) is 7.11 Å². The minimum Gasteiger partial charge on any atom is -0.481 e. The molecule has 0 atom stereocenters. The molecule has 0 saturated carbocycles. The number of nitrogens with zero attached hydrogens (tertiary/aromatic N) is 4. The first kappa shape index (κ1) is 25.7. The number of amides is 1. The Bertz CT molecular complexity index is 1260. The summed E-state index contributed by atoms with van der Waals surface area (Å²) in [5, 5.41) is 2.83. The Kier molecular flexibility index (Phi) is 9.09. The molecule has 0 aliphatic heterocycles. The van der Waals surface area contributed by atoms with Crippen molar-refractivity contribution >= 4 is 17.7 Å². The number of aryl methyl sites for hydroxylation is 1. The molecule has 0 saturated heterocycles. The summed E-state index contributed by atoms with van der Waals surface area (Å²) in [6.07, 6.45) is 9.75. The van der Waals surface area contributed by atoms with E-state index in [9.17, 15) is 4.79 Å². The summed E-state index contributed by atoms with van der Waals surface area (Å²) < 4.78 is 10.8. The molecule has 9 nitrogen and oxygen atoms in total. The zero-order chi connectivity index (χ0) is 25.9. The highest BCUT2D eigenvalue weighted by Crippen LogP contribution is 2.21. The van der Waals surface area contributed by atoms with Gasteiger partial charge < -0.3 is 20.5 Å². The standard InChI is InChI=1S/C28H30N6O3/c1-36-27-13-11-23(17-31-27)22-10-12-25(30-16-22)34-26(35)5-3-15-37-14-2-4-20-6-8-21(9-7-20)24-18-32-28(29)33-19-24/h6-13,16-19H,2-5,14-15H2,1H3,(H2,29,32,33)(H,30,34,35). The number of methoxy groups -OCH3 is 1. The minimum absolute atomic E-state index is 0.0819. The van der Waals surface area contributed by atoms with Gasteiger partial charge in [0.25, 0.3) is 0 Å². The zero-order valence-corrected chi connectivity index (χ0v) is 20.8. The van der Waals surface area contributed by atoms with Crippen LogP contribution in [-0.4, -0.2) is 46.2 Å². The van der Waals surface area contributed by atoms with E-state index in [1.54, 1.807) is 44.0 Å². The maximum Gasteiger partial charge on any atom is 0.225 e. The van der Waals surface area contributed by atoms with Gasteiger partial charge in [0.15, 0.2) is 0 Å². The number of ether oxygens (including phenoxy) is 2. The molecule has 1 amide bonds. The Morgan fingerprint density at radius 1 is 0.784 bits per heavy atom. The molecule has 4 aromatic rings. The lowest BCUT2D eigenvalue weighted by molar-refractivity contribution is -0.116. The van der Waals surface area contributed by atoms with Crippen LogP contribution in [0.3, 0.4) is 0 Å². The lowest BCUT2D eigenvalue weighted by atomic mass is 10.0. The maximum atomic E-state index is 12.2. The van der Waals surface area contributed by atoms with Gasteiger partial charge in [-0.1, -0.05) is 24.3 Å². The zero-order valence-electron chi connectivity index (χ0n) is 20.8. The minimum atomic E-state index is -0.0819. The second kappa shape index (κ2) is 13.1. The van der Waals surface area contributed by atoms with Crippen LogP contribution in [0.15, 0.2) is 73.3 Å². The number of rotatable bonds is 12. The van der Waals surface area contributed by atoms with Crippen LogP contribution >= 0.6 is 0 Å². The predicted molar refractivity (Wildman–Crippen MR) is 143 cm³/mol. The van der Waals surface area contributed by atoms with Gasteiger partial charge in [-0.2, -0.15) is 0 Å². The molecule has 0 fully saturated rings. The lowest BCUT2D eigenvalue weighted by Crippen LogP contribution is -2.13. The third-order valence-electron chi connectivity index (χ3n) is 5.72. The number of pyridine rings is 2. The number of nitrogens with two attached hydrogens (primary N) is 1. The van der Waals surface area contributed by atoms with E-state index in [4.69, 9.17) is 15.2 Å². The van der Waals surface area contributed by atoms with E-state index < -0.39 is 0 Å². The molecule has 3 aromatic heterocycles. The quantitative estimate of drug-likeness (QED) is 0.272. The predicted octanol–water partition coefficient (Wildman–Crippen LogP) is 4.56. The van der Waals surface area contributed by atoms with E-state index in [1.165, 1.54) is 5.56 Å². The Morgan fingerprint density at radius 3 is 2.08 bits per heavy atom. The van der Waals surface area contributed by atoms with Crippen LogP contribution in [-0.2, 0) is 16.0 Å². The van der Waals surface area contributed by atoms with Gasteiger partial charge in [0, 0.05) is 67.2 Å². The van der Waals surface area contributed by atoms with Crippen LogP contribution in [0.25, 0.3) is 22.3 Å². The number of anilines is 2. The SMILES string of the molecule is COc1ccc(-c2ccc(NC(=O)CCCOCCCc3ccc(-c4cnc(N)nc4)cc3)nc2)cn1. The number of hydrogen-bond acceptors (Lipinski definition) is 8. The number of hydrogen-bond donors (Lipinski definition) is 2. The molecule has 9 heteroatoms. The summed E-state index contributed by atoms with van der Waals surface area (Å²) in [5.74, 6) is 1.27. The van der Waals surface area contributed by atoms with Crippen molar-refractivity contribution in [2.75, 3.05) is 31.4 Å². The topological polar surface area (TPSA) is 125 Å². The average molecular weight is 499 g/mol. The summed E-state index contributed by atoms with van der Waals surface area (Å²) in [4.78, 5) is 28.8. The van der Waals surface area contributed by atoms with Gasteiger partial charge in [-0.05, 0) is 48.6 Å². The highest BCUT2D eigenvalue weighted by atomic mass is 16.5. The van der Waals surface area contributed by atoms with Crippen molar-refractivity contribution in [3.63, 3.8) is 0 Å². The van der Waals surface area contributed by atoms with Gasteiger partial charge >= 0.3 is 0 Å².